The molecule has 1 fully saturated rings. The van der Waals surface area contributed by atoms with Gasteiger partial charge in [0.15, 0.2) is 5.76 Å². The number of benzene rings is 2. The van der Waals surface area contributed by atoms with E-state index in [1.807, 2.05) is 28.9 Å². The van der Waals surface area contributed by atoms with Crippen molar-refractivity contribution in [2.45, 2.75) is 32.9 Å². The molecule has 5 rings (SSSR count). The Morgan fingerprint density at radius 3 is 2.76 bits per heavy atom. The zero-order valence-corrected chi connectivity index (χ0v) is 19.0. The van der Waals surface area contributed by atoms with Gasteiger partial charge in [0, 0.05) is 43.7 Å². The van der Waals surface area contributed by atoms with E-state index in [1.165, 1.54) is 11.1 Å². The van der Waals surface area contributed by atoms with Crippen LogP contribution in [0.3, 0.4) is 0 Å². The Balaban J connectivity index is 1.41. The lowest BCUT2D eigenvalue weighted by molar-refractivity contribution is -0.119. The summed E-state index contributed by atoms with van der Waals surface area (Å²) in [6.07, 6.45) is 4.45. The van der Waals surface area contributed by atoms with Crippen molar-refractivity contribution in [2.75, 3.05) is 19.6 Å². The van der Waals surface area contributed by atoms with E-state index in [0.717, 1.165) is 68.0 Å². The molecule has 1 N–H and O–H groups in total. The molecule has 6 heteroatoms. The van der Waals surface area contributed by atoms with E-state index in [4.69, 9.17) is 9.52 Å². The van der Waals surface area contributed by atoms with E-state index in [9.17, 15) is 4.79 Å². The first-order valence-electron chi connectivity index (χ1n) is 11.7. The lowest BCUT2D eigenvalue weighted by Crippen LogP contribution is -2.40. The van der Waals surface area contributed by atoms with Crippen LogP contribution in [-0.2, 0) is 17.9 Å². The van der Waals surface area contributed by atoms with Gasteiger partial charge in [0.2, 0.25) is 5.91 Å². The van der Waals surface area contributed by atoms with Gasteiger partial charge in [-0.2, -0.15) is 5.10 Å². The van der Waals surface area contributed by atoms with Crippen molar-refractivity contribution in [1.29, 1.82) is 0 Å². The topological polar surface area (TPSA) is 63.3 Å². The number of carbonyl (C=O) groups is 1. The summed E-state index contributed by atoms with van der Waals surface area (Å²) in [6.45, 7) is 5.90. The number of para-hydroxylation sites is 1. The smallest absolute Gasteiger partial charge is 0.216 e. The molecular weight excluding hydrogens is 412 g/mol. The van der Waals surface area contributed by atoms with Crippen molar-refractivity contribution in [3.63, 3.8) is 0 Å². The summed E-state index contributed by atoms with van der Waals surface area (Å²) in [5, 5.41) is 9.03. The van der Waals surface area contributed by atoms with Crippen LogP contribution in [0.25, 0.3) is 22.4 Å². The maximum atomic E-state index is 11.3. The molecule has 33 heavy (non-hydrogen) atoms. The lowest BCUT2D eigenvalue weighted by Gasteiger charge is -2.32. The number of rotatable bonds is 7. The van der Waals surface area contributed by atoms with Crippen molar-refractivity contribution in [2.24, 2.45) is 5.92 Å². The Labute approximate surface area is 194 Å². The summed E-state index contributed by atoms with van der Waals surface area (Å²) >= 11 is 0. The van der Waals surface area contributed by atoms with Gasteiger partial charge in [-0.15, -0.1) is 0 Å². The predicted octanol–water partition coefficient (Wildman–Crippen LogP) is 4.69. The van der Waals surface area contributed by atoms with Crippen molar-refractivity contribution in [3.05, 3.63) is 78.0 Å². The molecule has 6 nitrogen and oxygen atoms in total. The van der Waals surface area contributed by atoms with E-state index in [1.54, 1.807) is 6.92 Å². The monoisotopic (exact) mass is 442 g/mol. The van der Waals surface area contributed by atoms with Crippen LogP contribution in [0.5, 0.6) is 0 Å². The number of furan rings is 1. The first kappa shape index (κ1) is 21.5. The summed E-state index contributed by atoms with van der Waals surface area (Å²) in [4.78, 5) is 13.8. The van der Waals surface area contributed by atoms with Crippen LogP contribution < -0.4 is 5.32 Å². The summed E-state index contributed by atoms with van der Waals surface area (Å²) in [5.74, 6) is 1.34. The Morgan fingerprint density at radius 2 is 1.94 bits per heavy atom. The zero-order valence-electron chi connectivity index (χ0n) is 19.0. The fraction of sp³-hybridized carbons (Fsp3) is 0.333. The first-order chi connectivity index (χ1) is 16.1. The third-order valence-corrected chi connectivity index (χ3v) is 6.32. The van der Waals surface area contributed by atoms with Gasteiger partial charge in [0.05, 0.1) is 6.54 Å². The van der Waals surface area contributed by atoms with E-state index in [2.05, 4.69) is 52.8 Å². The molecule has 0 aliphatic carbocycles. The van der Waals surface area contributed by atoms with Crippen LogP contribution in [0.15, 0.2) is 71.3 Å². The van der Waals surface area contributed by atoms with Crippen LogP contribution in [0, 0.1) is 5.92 Å². The number of nitrogens with one attached hydrogen (secondary N) is 1. The Hall–Kier alpha value is -3.38. The predicted molar refractivity (Wildman–Crippen MR) is 130 cm³/mol. The second-order valence-electron chi connectivity index (χ2n) is 9.02. The van der Waals surface area contributed by atoms with Crippen LogP contribution in [0.2, 0.25) is 0 Å². The third kappa shape index (κ3) is 5.17. The quantitative estimate of drug-likeness (QED) is 0.451. The summed E-state index contributed by atoms with van der Waals surface area (Å²) in [5.41, 5.74) is 4.18. The number of aromatic nitrogens is 2. The highest BCUT2D eigenvalue weighted by molar-refractivity contribution is 5.82. The van der Waals surface area contributed by atoms with Crippen molar-refractivity contribution < 1.29 is 9.21 Å². The third-order valence-electron chi connectivity index (χ3n) is 6.32. The molecule has 170 valence electrons. The molecule has 4 aromatic rings. The first-order valence-corrected chi connectivity index (χ1v) is 11.7. The molecule has 2 aromatic carbocycles. The second-order valence-corrected chi connectivity index (χ2v) is 9.02. The molecule has 2 aromatic heterocycles. The normalized spacial score (nSPS) is 16.8. The highest BCUT2D eigenvalue weighted by atomic mass is 16.3. The van der Waals surface area contributed by atoms with E-state index in [-0.39, 0.29) is 5.91 Å². The molecule has 0 saturated carbocycles. The van der Waals surface area contributed by atoms with Crippen LogP contribution in [-0.4, -0.2) is 40.2 Å². The molecule has 3 heterocycles. The van der Waals surface area contributed by atoms with Gasteiger partial charge in [-0.3, -0.25) is 14.4 Å². The highest BCUT2D eigenvalue weighted by Crippen LogP contribution is 2.30. The Kier molecular flexibility index (Phi) is 6.26. The number of amides is 1. The minimum atomic E-state index is 0.0430. The molecule has 0 radical (unpaired) electrons. The highest BCUT2D eigenvalue weighted by Gasteiger charge is 2.23. The van der Waals surface area contributed by atoms with Crippen LogP contribution in [0.1, 0.15) is 30.9 Å². The Bertz CT molecular complexity index is 1190. The number of fused-ring (bicyclic) bond motifs is 1. The number of likely N-dealkylation sites (tertiary alicyclic amines) is 1. The van der Waals surface area contributed by atoms with Crippen molar-refractivity contribution in [3.8, 4) is 11.5 Å². The minimum absolute atomic E-state index is 0.0430. The van der Waals surface area contributed by atoms with Gasteiger partial charge in [-0.25, -0.2) is 0 Å². The van der Waals surface area contributed by atoms with E-state index >= 15 is 0 Å². The molecule has 1 amide bonds. The van der Waals surface area contributed by atoms with Crippen LogP contribution in [0.4, 0.5) is 0 Å². The number of carbonyl (C=O) groups excluding carboxylic acids is 1. The van der Waals surface area contributed by atoms with Gasteiger partial charge in [-0.05, 0) is 43.0 Å². The van der Waals surface area contributed by atoms with Crippen LogP contribution >= 0.6 is 0 Å². The van der Waals surface area contributed by atoms with Gasteiger partial charge >= 0.3 is 0 Å². The zero-order chi connectivity index (χ0) is 22.6. The maximum Gasteiger partial charge on any atom is 0.216 e. The SMILES string of the molecule is CC(=O)NC[C@H]1CCCN(Cc2cn(Cc3ccccc3)nc2-c2cc3ccccc3o2)C1. The molecule has 0 bridgehead atoms. The largest absolute Gasteiger partial charge is 0.454 e. The minimum Gasteiger partial charge on any atom is -0.454 e. The number of nitrogens with zero attached hydrogens (tertiary/aromatic N) is 3. The average Bonchev–Trinajstić information content (AvgIpc) is 3.42. The standard InChI is InChI=1S/C27H30N4O2/c1-20(32)28-15-22-10-7-13-30(16-22)18-24-19-31(17-21-8-3-2-4-9-21)29-27(24)26-14-23-11-5-6-12-25(23)33-26/h2-6,8-9,11-12,14,19,22H,7,10,13,15-18H2,1H3,(H,28,32)/t22-/m1/s1. The Morgan fingerprint density at radius 1 is 1.12 bits per heavy atom. The number of hydrogen-bond donors (Lipinski definition) is 1. The van der Waals surface area contributed by atoms with Gasteiger partial charge < -0.3 is 9.73 Å². The molecule has 0 spiro atoms. The fourth-order valence-electron chi connectivity index (χ4n) is 4.73. The molecule has 1 saturated heterocycles. The molecule has 0 unspecified atom stereocenters. The fourth-order valence-corrected chi connectivity index (χ4v) is 4.73. The lowest BCUT2D eigenvalue weighted by atomic mass is 9.97. The molecule has 1 aliphatic rings. The number of hydrogen-bond acceptors (Lipinski definition) is 4. The van der Waals surface area contributed by atoms with Crippen molar-refractivity contribution >= 4 is 16.9 Å². The summed E-state index contributed by atoms with van der Waals surface area (Å²) < 4.78 is 8.21. The summed E-state index contributed by atoms with van der Waals surface area (Å²) in [7, 11) is 0. The van der Waals surface area contributed by atoms with Gasteiger partial charge in [-0.1, -0.05) is 48.5 Å². The van der Waals surface area contributed by atoms with Crippen molar-refractivity contribution in [1.82, 2.24) is 20.0 Å². The maximum absolute atomic E-state index is 11.3. The second kappa shape index (κ2) is 9.63. The molecule has 1 atom stereocenters. The van der Waals surface area contributed by atoms with E-state index in [0.29, 0.717) is 5.92 Å². The van der Waals surface area contributed by atoms with Gasteiger partial charge in [0.1, 0.15) is 11.3 Å². The van der Waals surface area contributed by atoms with Gasteiger partial charge in [0.25, 0.3) is 0 Å². The average molecular weight is 443 g/mol. The van der Waals surface area contributed by atoms with E-state index < -0.39 is 0 Å². The summed E-state index contributed by atoms with van der Waals surface area (Å²) in [6, 6.07) is 20.6. The molecular formula is C27H30N4O2. The number of piperidine rings is 1. The molecule has 1 aliphatic heterocycles.